The zero-order valence-electron chi connectivity index (χ0n) is 48.0. The first-order chi connectivity index (χ1) is 37.3. The van der Waals surface area contributed by atoms with Gasteiger partial charge in [0.05, 0.1) is 25.4 Å². The summed E-state index contributed by atoms with van der Waals surface area (Å²) < 4.78 is 11.2. The number of hydrogen-bond donors (Lipinski definition) is 6. The summed E-state index contributed by atoms with van der Waals surface area (Å²) in [5, 5.41) is 54.5. The number of nitrogens with one attached hydrogen (secondary N) is 1. The van der Waals surface area contributed by atoms with Gasteiger partial charge in [0.25, 0.3) is 0 Å². The average molecular weight is 1060 g/mol. The second-order valence-electron chi connectivity index (χ2n) is 20.4. The van der Waals surface area contributed by atoms with Gasteiger partial charge in [0, 0.05) is 6.42 Å². The highest BCUT2D eigenvalue weighted by atomic mass is 16.7. The van der Waals surface area contributed by atoms with E-state index in [0.29, 0.717) is 6.42 Å². The maximum absolute atomic E-state index is 13.0. The van der Waals surface area contributed by atoms with E-state index < -0.39 is 49.5 Å². The van der Waals surface area contributed by atoms with Gasteiger partial charge < -0.3 is 40.3 Å². The second kappa shape index (κ2) is 54.7. The van der Waals surface area contributed by atoms with Gasteiger partial charge in [0.2, 0.25) is 5.91 Å². The first-order valence-corrected chi connectivity index (χ1v) is 30.4. The molecule has 7 atom stereocenters. The van der Waals surface area contributed by atoms with Crippen molar-refractivity contribution in [1.82, 2.24) is 5.32 Å². The molecule has 9 heteroatoms. The first-order valence-electron chi connectivity index (χ1n) is 30.4. The van der Waals surface area contributed by atoms with Crippen LogP contribution in [0.3, 0.4) is 0 Å². The zero-order chi connectivity index (χ0) is 55.0. The van der Waals surface area contributed by atoms with Crippen molar-refractivity contribution in [2.75, 3.05) is 13.2 Å². The molecule has 1 heterocycles. The third kappa shape index (κ3) is 43.3. The van der Waals surface area contributed by atoms with Crippen molar-refractivity contribution in [3.63, 3.8) is 0 Å². The molecule has 0 aromatic rings. The van der Waals surface area contributed by atoms with Crippen LogP contribution >= 0.6 is 0 Å². The average Bonchev–Trinajstić information content (AvgIpc) is 3.42. The Morgan fingerprint density at radius 3 is 1.26 bits per heavy atom. The van der Waals surface area contributed by atoms with Gasteiger partial charge in [-0.15, -0.1) is 0 Å². The van der Waals surface area contributed by atoms with E-state index in [4.69, 9.17) is 9.47 Å². The molecule has 432 valence electrons. The van der Waals surface area contributed by atoms with E-state index in [1.165, 1.54) is 116 Å². The van der Waals surface area contributed by atoms with Crippen LogP contribution in [0.4, 0.5) is 0 Å². The Balaban J connectivity index is 2.31. The number of rotatable bonds is 50. The molecule has 0 saturated carbocycles. The summed E-state index contributed by atoms with van der Waals surface area (Å²) >= 11 is 0. The molecule has 0 radical (unpaired) electrons. The highest BCUT2D eigenvalue weighted by Gasteiger charge is 2.44. The Morgan fingerprint density at radius 2 is 0.829 bits per heavy atom. The Hall–Kier alpha value is -3.67. The number of carbonyl (C=O) groups is 1. The number of allylic oxidation sites excluding steroid dienone is 21. The van der Waals surface area contributed by atoms with Gasteiger partial charge in [-0.05, 0) is 96.3 Å². The summed E-state index contributed by atoms with van der Waals surface area (Å²) in [7, 11) is 0. The van der Waals surface area contributed by atoms with E-state index in [1.54, 1.807) is 6.08 Å². The van der Waals surface area contributed by atoms with Crippen molar-refractivity contribution < 1.29 is 39.8 Å². The minimum absolute atomic E-state index is 0.233. The lowest BCUT2D eigenvalue weighted by atomic mass is 9.99. The number of aliphatic hydroxyl groups is 5. The van der Waals surface area contributed by atoms with E-state index in [1.807, 2.05) is 6.08 Å². The molecule has 1 amide bonds. The minimum Gasteiger partial charge on any atom is -0.394 e. The lowest BCUT2D eigenvalue weighted by Gasteiger charge is -2.40. The predicted octanol–water partition coefficient (Wildman–Crippen LogP) is 15.7. The molecule has 7 unspecified atom stereocenters. The largest absolute Gasteiger partial charge is 0.394 e. The summed E-state index contributed by atoms with van der Waals surface area (Å²) in [5.41, 5.74) is 0. The highest BCUT2D eigenvalue weighted by molar-refractivity contribution is 5.76. The van der Waals surface area contributed by atoms with Crippen molar-refractivity contribution in [3.05, 3.63) is 134 Å². The molecule has 1 saturated heterocycles. The summed E-state index contributed by atoms with van der Waals surface area (Å²) in [6.07, 6.45) is 76.7. The van der Waals surface area contributed by atoms with Crippen LogP contribution in [0.15, 0.2) is 134 Å². The minimum atomic E-state index is -1.59. The van der Waals surface area contributed by atoms with Crippen LogP contribution in [0.5, 0.6) is 0 Å². The quantitative estimate of drug-likeness (QED) is 0.0261. The molecule has 0 bridgehead atoms. The van der Waals surface area contributed by atoms with E-state index >= 15 is 0 Å². The van der Waals surface area contributed by atoms with Gasteiger partial charge in [0.15, 0.2) is 6.29 Å². The van der Waals surface area contributed by atoms with Crippen LogP contribution < -0.4 is 5.32 Å². The van der Waals surface area contributed by atoms with Crippen molar-refractivity contribution in [2.45, 2.75) is 269 Å². The Bertz CT molecular complexity index is 1650. The van der Waals surface area contributed by atoms with Crippen LogP contribution in [-0.2, 0) is 14.3 Å². The van der Waals surface area contributed by atoms with E-state index in [9.17, 15) is 30.3 Å². The molecule has 1 aliphatic heterocycles. The fourth-order valence-corrected chi connectivity index (χ4v) is 8.70. The van der Waals surface area contributed by atoms with E-state index in [2.05, 4.69) is 141 Å². The summed E-state index contributed by atoms with van der Waals surface area (Å²) in [6.45, 7) is 3.62. The van der Waals surface area contributed by atoms with Gasteiger partial charge in [-0.1, -0.05) is 257 Å². The molecule has 0 aromatic carbocycles. The van der Waals surface area contributed by atoms with Gasteiger partial charge in [-0.25, -0.2) is 0 Å². The number of unbranched alkanes of at least 4 members (excludes halogenated alkanes) is 20. The summed E-state index contributed by atoms with van der Waals surface area (Å²) in [5.74, 6) is -0.249. The maximum atomic E-state index is 13.0. The smallest absolute Gasteiger partial charge is 0.220 e. The third-order valence-electron chi connectivity index (χ3n) is 13.5. The first kappa shape index (κ1) is 70.3. The van der Waals surface area contributed by atoms with Crippen molar-refractivity contribution in [3.8, 4) is 0 Å². The summed E-state index contributed by atoms with van der Waals surface area (Å²) in [4.78, 5) is 13.0. The molecule has 9 nitrogen and oxygen atoms in total. The van der Waals surface area contributed by atoms with Crippen molar-refractivity contribution in [2.24, 2.45) is 0 Å². The molecule has 0 spiro atoms. The molecular weight excluding hydrogens is 947 g/mol. The fraction of sp³-hybridized carbons (Fsp3) is 0.657. The number of ether oxygens (including phenoxy) is 2. The maximum Gasteiger partial charge on any atom is 0.220 e. The summed E-state index contributed by atoms with van der Waals surface area (Å²) in [6, 6.07) is -0.864. The van der Waals surface area contributed by atoms with Crippen LogP contribution in [0.2, 0.25) is 0 Å². The Morgan fingerprint density at radius 1 is 0.461 bits per heavy atom. The predicted molar refractivity (Wildman–Crippen MR) is 322 cm³/mol. The molecule has 1 aliphatic rings. The lowest BCUT2D eigenvalue weighted by Crippen LogP contribution is -2.60. The molecule has 76 heavy (non-hydrogen) atoms. The van der Waals surface area contributed by atoms with Crippen LogP contribution in [-0.4, -0.2) is 87.5 Å². The number of amides is 1. The number of hydrogen-bond acceptors (Lipinski definition) is 8. The highest BCUT2D eigenvalue weighted by Crippen LogP contribution is 2.23. The molecule has 0 aromatic heterocycles. The molecule has 1 fully saturated rings. The third-order valence-corrected chi connectivity index (χ3v) is 13.5. The van der Waals surface area contributed by atoms with E-state index in [-0.39, 0.29) is 18.9 Å². The molecule has 1 rings (SSSR count). The van der Waals surface area contributed by atoms with Crippen LogP contribution in [0, 0.1) is 0 Å². The monoisotopic (exact) mass is 1060 g/mol. The molecular formula is C67H111NO8. The van der Waals surface area contributed by atoms with Gasteiger partial charge in [-0.2, -0.15) is 0 Å². The number of carbonyl (C=O) groups excluding carboxylic acids is 1. The molecule has 6 N–H and O–H groups in total. The van der Waals surface area contributed by atoms with Crippen molar-refractivity contribution >= 4 is 5.91 Å². The lowest BCUT2D eigenvalue weighted by molar-refractivity contribution is -0.302. The Labute approximate surface area is 464 Å². The SMILES string of the molecule is CC/C=C\C/C=C\C/C=C\C/C=C\C/C=C\C/C=C\C/C=C\C/C=C\C/C=C\CCCC(=O)NC(COC1OC(CO)C(O)C(O)C1O)C(O)/C=C/CC/C=C/CCCCCCCCCCCCCCCCCCCC. The van der Waals surface area contributed by atoms with Gasteiger partial charge >= 0.3 is 0 Å². The van der Waals surface area contributed by atoms with Crippen molar-refractivity contribution in [1.29, 1.82) is 0 Å². The van der Waals surface area contributed by atoms with Gasteiger partial charge in [0.1, 0.15) is 24.4 Å². The van der Waals surface area contributed by atoms with E-state index in [0.717, 1.165) is 83.5 Å². The normalized spacial score (nSPS) is 19.8. The topological polar surface area (TPSA) is 149 Å². The standard InChI is InChI=1S/C67H111NO8/c1-3-5-7-9-11-13-15-17-19-21-23-25-27-29-30-31-32-33-35-37-39-41-43-45-47-49-51-53-55-57-63(71)68-60(59-75-67-66(74)65(73)64(72)62(58-69)76-67)61(70)56-54-52-50-48-46-44-42-40-38-36-34-28-26-24-22-20-18-16-14-12-10-8-6-4-2/h5,7,11,13,17,19,23,25,29-30,32-33,37,39,43,45-46,48-49,51,54,56,60-62,64-67,69-70,72-74H,3-4,6,8-10,12,14-16,18,20-22,24,26-28,31,34-36,38,40-42,44,47,50,52-53,55,57-59H2,1-2H3,(H,68,71)/b7-5-,13-11-,19-17-,25-23-,30-29-,33-32-,39-37-,45-43-,48-46+,51-49-,56-54+. The second-order valence-corrected chi connectivity index (χ2v) is 20.4. The van der Waals surface area contributed by atoms with Crippen LogP contribution in [0.1, 0.15) is 226 Å². The van der Waals surface area contributed by atoms with Gasteiger partial charge in [-0.3, -0.25) is 4.79 Å². The Kier molecular flexibility index (Phi) is 50.6. The number of aliphatic hydroxyl groups excluding tert-OH is 5. The van der Waals surface area contributed by atoms with Crippen LogP contribution in [0.25, 0.3) is 0 Å². The zero-order valence-corrected chi connectivity index (χ0v) is 48.0. The fourth-order valence-electron chi connectivity index (χ4n) is 8.70. The molecule has 0 aliphatic carbocycles.